The van der Waals surface area contributed by atoms with E-state index in [2.05, 4.69) is 5.92 Å². The van der Waals surface area contributed by atoms with Gasteiger partial charge >= 0.3 is 0 Å². The summed E-state index contributed by atoms with van der Waals surface area (Å²) in [6.07, 6.45) is 6.77. The number of imide groups is 1. The van der Waals surface area contributed by atoms with Gasteiger partial charge in [0.1, 0.15) is 0 Å². The quantitative estimate of drug-likeness (QED) is 0.526. The van der Waals surface area contributed by atoms with E-state index in [-0.39, 0.29) is 11.8 Å². The largest absolute Gasteiger partial charge is 0.274 e. The molecule has 0 saturated carbocycles. The molecule has 0 bridgehead atoms. The molecule has 0 spiro atoms. The summed E-state index contributed by atoms with van der Waals surface area (Å²) in [5.74, 6) is 2.19. The fourth-order valence-electron chi connectivity index (χ4n) is 1.78. The molecule has 1 aliphatic heterocycles. The Kier molecular flexibility index (Phi) is 2.74. The van der Waals surface area contributed by atoms with Crippen molar-refractivity contribution in [2.24, 2.45) is 0 Å². The Morgan fingerprint density at radius 3 is 2.50 bits per heavy atom. The van der Waals surface area contributed by atoms with Gasteiger partial charge in [-0.2, -0.15) is 0 Å². The molecule has 1 aromatic carbocycles. The molecule has 0 atom stereocenters. The lowest BCUT2D eigenvalue weighted by Crippen LogP contribution is -2.40. The van der Waals surface area contributed by atoms with Crippen LogP contribution in [-0.4, -0.2) is 11.8 Å². The Balaban J connectivity index is 2.38. The lowest BCUT2D eigenvalue weighted by atomic mass is 10.1. The van der Waals surface area contributed by atoms with Crippen molar-refractivity contribution in [3.05, 3.63) is 29.8 Å². The van der Waals surface area contributed by atoms with Crippen molar-refractivity contribution in [3.63, 3.8) is 0 Å². The average molecular weight is 213 g/mol. The Hall–Kier alpha value is -2.08. The highest BCUT2D eigenvalue weighted by atomic mass is 16.2. The smallest absolute Gasteiger partial charge is 0.233 e. The molecule has 0 N–H and O–H groups in total. The number of amides is 2. The second-order valence-corrected chi connectivity index (χ2v) is 3.67. The summed E-state index contributed by atoms with van der Waals surface area (Å²) in [5, 5.41) is 0. The van der Waals surface area contributed by atoms with Gasteiger partial charge in [0, 0.05) is 18.4 Å². The maximum absolute atomic E-state index is 11.7. The van der Waals surface area contributed by atoms with Crippen molar-refractivity contribution in [2.45, 2.75) is 19.3 Å². The van der Waals surface area contributed by atoms with Crippen LogP contribution in [0, 0.1) is 12.3 Å². The fraction of sp³-hybridized carbons (Fsp3) is 0.231. The standard InChI is InChI=1S/C13H11NO2/c1-2-10-5-3-6-11(9-10)14-12(15)7-4-8-13(14)16/h1,3,5-6,9H,4,7-8H2. The van der Waals surface area contributed by atoms with Crippen LogP contribution in [0.5, 0.6) is 0 Å². The SMILES string of the molecule is C#Cc1cccc(N2C(=O)CCCC2=O)c1. The minimum atomic E-state index is -0.148. The zero-order valence-corrected chi connectivity index (χ0v) is 8.77. The number of piperidine rings is 1. The number of anilines is 1. The molecule has 1 heterocycles. The number of hydrogen-bond acceptors (Lipinski definition) is 2. The van der Waals surface area contributed by atoms with Crippen molar-refractivity contribution >= 4 is 17.5 Å². The van der Waals surface area contributed by atoms with E-state index in [1.54, 1.807) is 24.3 Å². The number of terminal acetylenes is 1. The topological polar surface area (TPSA) is 37.4 Å². The number of benzene rings is 1. The minimum absolute atomic E-state index is 0.148. The predicted octanol–water partition coefficient (Wildman–Crippen LogP) is 1.71. The molecule has 16 heavy (non-hydrogen) atoms. The van der Waals surface area contributed by atoms with Gasteiger partial charge in [0.15, 0.2) is 0 Å². The highest BCUT2D eigenvalue weighted by molar-refractivity contribution is 6.16. The van der Waals surface area contributed by atoms with Gasteiger partial charge in [-0.05, 0) is 24.6 Å². The normalized spacial score (nSPS) is 16.1. The van der Waals surface area contributed by atoms with E-state index in [4.69, 9.17) is 6.42 Å². The minimum Gasteiger partial charge on any atom is -0.274 e. The molecule has 1 fully saturated rings. The molecule has 1 saturated heterocycles. The Morgan fingerprint density at radius 2 is 1.88 bits per heavy atom. The molecule has 2 rings (SSSR count). The highest BCUT2D eigenvalue weighted by Crippen LogP contribution is 2.22. The number of nitrogens with zero attached hydrogens (tertiary/aromatic N) is 1. The van der Waals surface area contributed by atoms with E-state index in [9.17, 15) is 9.59 Å². The van der Waals surface area contributed by atoms with Crippen LogP contribution in [0.15, 0.2) is 24.3 Å². The van der Waals surface area contributed by atoms with Crippen LogP contribution in [-0.2, 0) is 9.59 Å². The Morgan fingerprint density at radius 1 is 1.19 bits per heavy atom. The van der Waals surface area contributed by atoms with Crippen LogP contribution < -0.4 is 4.90 Å². The third kappa shape index (κ3) is 1.82. The summed E-state index contributed by atoms with van der Waals surface area (Å²) in [7, 11) is 0. The maximum Gasteiger partial charge on any atom is 0.233 e. The van der Waals surface area contributed by atoms with Crippen molar-refractivity contribution in [2.75, 3.05) is 4.90 Å². The molecular formula is C13H11NO2. The van der Waals surface area contributed by atoms with E-state index in [0.717, 1.165) is 0 Å². The van der Waals surface area contributed by atoms with E-state index in [0.29, 0.717) is 30.5 Å². The monoisotopic (exact) mass is 213 g/mol. The van der Waals surface area contributed by atoms with Gasteiger partial charge in [-0.3, -0.25) is 14.5 Å². The highest BCUT2D eigenvalue weighted by Gasteiger charge is 2.27. The summed E-state index contributed by atoms with van der Waals surface area (Å²) in [6.45, 7) is 0. The molecule has 2 amide bonds. The van der Waals surface area contributed by atoms with Gasteiger partial charge in [-0.25, -0.2) is 0 Å². The number of hydrogen-bond donors (Lipinski definition) is 0. The van der Waals surface area contributed by atoms with Crippen LogP contribution in [0.1, 0.15) is 24.8 Å². The van der Waals surface area contributed by atoms with Gasteiger partial charge in [0.25, 0.3) is 0 Å². The van der Waals surface area contributed by atoms with Gasteiger partial charge in [0.2, 0.25) is 11.8 Å². The summed E-state index contributed by atoms with van der Waals surface area (Å²) < 4.78 is 0. The van der Waals surface area contributed by atoms with E-state index in [1.165, 1.54) is 4.90 Å². The Bertz CT molecular complexity index is 469. The molecule has 0 aliphatic carbocycles. The molecule has 3 heteroatoms. The van der Waals surface area contributed by atoms with Crippen LogP contribution >= 0.6 is 0 Å². The van der Waals surface area contributed by atoms with Crippen molar-refractivity contribution in [3.8, 4) is 12.3 Å². The third-order valence-corrected chi connectivity index (χ3v) is 2.55. The van der Waals surface area contributed by atoms with Crippen LogP contribution in [0.2, 0.25) is 0 Å². The average Bonchev–Trinajstić information content (AvgIpc) is 2.29. The van der Waals surface area contributed by atoms with Gasteiger partial charge in [-0.1, -0.05) is 12.0 Å². The third-order valence-electron chi connectivity index (χ3n) is 2.55. The van der Waals surface area contributed by atoms with Gasteiger partial charge in [-0.15, -0.1) is 6.42 Å². The van der Waals surface area contributed by atoms with E-state index >= 15 is 0 Å². The lowest BCUT2D eigenvalue weighted by Gasteiger charge is -2.24. The molecule has 1 aromatic rings. The molecule has 0 unspecified atom stereocenters. The van der Waals surface area contributed by atoms with Crippen LogP contribution in [0.4, 0.5) is 5.69 Å². The number of carbonyl (C=O) groups is 2. The lowest BCUT2D eigenvalue weighted by molar-refractivity contribution is -0.129. The second kappa shape index (κ2) is 4.19. The number of rotatable bonds is 1. The summed E-state index contributed by atoms with van der Waals surface area (Å²) in [6, 6.07) is 6.92. The molecular weight excluding hydrogens is 202 g/mol. The van der Waals surface area contributed by atoms with Gasteiger partial charge in [0.05, 0.1) is 5.69 Å². The zero-order valence-electron chi connectivity index (χ0n) is 8.77. The second-order valence-electron chi connectivity index (χ2n) is 3.67. The first-order valence-electron chi connectivity index (χ1n) is 5.15. The first kappa shape index (κ1) is 10.4. The van der Waals surface area contributed by atoms with E-state index < -0.39 is 0 Å². The van der Waals surface area contributed by atoms with E-state index in [1.807, 2.05) is 0 Å². The summed E-state index contributed by atoms with van der Waals surface area (Å²) in [5.41, 5.74) is 1.24. The predicted molar refractivity (Wildman–Crippen MR) is 60.7 cm³/mol. The zero-order chi connectivity index (χ0) is 11.5. The van der Waals surface area contributed by atoms with Crippen LogP contribution in [0.3, 0.4) is 0 Å². The fourth-order valence-corrected chi connectivity index (χ4v) is 1.78. The molecule has 80 valence electrons. The van der Waals surface area contributed by atoms with Crippen molar-refractivity contribution in [1.82, 2.24) is 0 Å². The maximum atomic E-state index is 11.7. The molecule has 0 aromatic heterocycles. The first-order valence-corrected chi connectivity index (χ1v) is 5.15. The summed E-state index contributed by atoms with van der Waals surface area (Å²) in [4.78, 5) is 24.5. The molecule has 0 radical (unpaired) electrons. The van der Waals surface area contributed by atoms with Gasteiger partial charge < -0.3 is 0 Å². The molecule has 3 nitrogen and oxygen atoms in total. The summed E-state index contributed by atoms with van der Waals surface area (Å²) >= 11 is 0. The Labute approximate surface area is 94.1 Å². The van der Waals surface area contributed by atoms with Crippen molar-refractivity contribution < 1.29 is 9.59 Å². The number of carbonyl (C=O) groups excluding carboxylic acids is 2. The van der Waals surface area contributed by atoms with Crippen LogP contribution in [0.25, 0.3) is 0 Å². The van der Waals surface area contributed by atoms with Crippen molar-refractivity contribution in [1.29, 1.82) is 0 Å². The first-order chi connectivity index (χ1) is 7.72. The molecule has 1 aliphatic rings.